The molecule has 0 unspecified atom stereocenters. The van der Waals surface area contributed by atoms with Crippen LogP contribution in [0.4, 0.5) is 0 Å². The molecule has 2 heterocycles. The molecule has 2 aromatic rings. The number of rotatable bonds is 15. The molecular weight excluding hydrogens is 372 g/mol. The largest absolute Gasteiger partial charge is 0.432 e. The van der Waals surface area contributed by atoms with Crippen molar-refractivity contribution in [2.24, 2.45) is 0 Å². The Labute approximate surface area is 180 Å². The van der Waals surface area contributed by atoms with E-state index in [2.05, 4.69) is 65.5 Å². The SMILES string of the molecule is CCCCCC=CCC=CCC=CCC=CCCCC(=O)c1nc2ccncc2o1. The predicted molar refractivity (Wildman–Crippen MR) is 125 cm³/mol. The lowest BCUT2D eigenvalue weighted by Gasteiger charge is -1.93. The molecule has 4 nitrogen and oxygen atoms in total. The van der Waals surface area contributed by atoms with Gasteiger partial charge in [-0.3, -0.25) is 9.78 Å². The molecule has 0 N–H and O–H groups in total. The molecule has 0 saturated carbocycles. The Balaban J connectivity index is 1.49. The van der Waals surface area contributed by atoms with E-state index in [0.717, 1.165) is 32.1 Å². The van der Waals surface area contributed by atoms with E-state index in [-0.39, 0.29) is 11.7 Å². The van der Waals surface area contributed by atoms with Gasteiger partial charge < -0.3 is 4.42 Å². The second-order valence-corrected chi connectivity index (χ2v) is 7.27. The number of nitrogens with zero attached hydrogens (tertiary/aromatic N) is 2. The number of fused-ring (bicyclic) bond motifs is 1. The van der Waals surface area contributed by atoms with Crippen LogP contribution in [0.1, 0.15) is 81.8 Å². The van der Waals surface area contributed by atoms with E-state index >= 15 is 0 Å². The summed E-state index contributed by atoms with van der Waals surface area (Å²) in [4.78, 5) is 20.3. The number of hydrogen-bond donors (Lipinski definition) is 0. The van der Waals surface area contributed by atoms with E-state index in [9.17, 15) is 4.79 Å². The standard InChI is InChI=1S/C26H34N2O2/c1-2-3-4-5-6-7-8-9-10-11-12-13-14-15-16-17-18-19-24(29)26-28-23-20-21-27-22-25(23)30-26/h6-7,9-10,12-13,15-16,20-22H,2-5,8,11,14,17-19H2,1H3. The minimum absolute atomic E-state index is 0.0536. The van der Waals surface area contributed by atoms with Crippen LogP contribution in [0.25, 0.3) is 11.1 Å². The van der Waals surface area contributed by atoms with Crippen LogP contribution in [0, 0.1) is 0 Å². The van der Waals surface area contributed by atoms with Gasteiger partial charge in [0.05, 0.1) is 6.20 Å². The number of allylic oxidation sites excluding steroid dienone is 8. The summed E-state index contributed by atoms with van der Waals surface area (Å²) in [7, 11) is 0. The van der Waals surface area contributed by atoms with Gasteiger partial charge in [0.1, 0.15) is 5.52 Å². The van der Waals surface area contributed by atoms with Gasteiger partial charge in [-0.15, -0.1) is 0 Å². The van der Waals surface area contributed by atoms with E-state index in [1.54, 1.807) is 18.5 Å². The third-order valence-corrected chi connectivity index (χ3v) is 4.66. The van der Waals surface area contributed by atoms with Crippen LogP contribution in [0.2, 0.25) is 0 Å². The van der Waals surface area contributed by atoms with E-state index in [1.165, 1.54) is 25.7 Å². The first-order valence-corrected chi connectivity index (χ1v) is 11.1. The number of carbonyl (C=O) groups is 1. The normalized spacial score (nSPS) is 12.4. The monoisotopic (exact) mass is 406 g/mol. The number of hydrogen-bond acceptors (Lipinski definition) is 4. The third-order valence-electron chi connectivity index (χ3n) is 4.66. The Morgan fingerprint density at radius 2 is 1.53 bits per heavy atom. The minimum Gasteiger partial charge on any atom is -0.432 e. The fraction of sp³-hybridized carbons (Fsp3) is 0.423. The summed E-state index contributed by atoms with van der Waals surface area (Å²) in [6, 6.07) is 1.74. The molecule has 4 heteroatoms. The van der Waals surface area contributed by atoms with Gasteiger partial charge in [-0.2, -0.15) is 0 Å². The summed E-state index contributed by atoms with van der Waals surface area (Å²) in [5.74, 6) is 0.132. The van der Waals surface area contributed by atoms with E-state index in [1.807, 2.05) is 0 Å². The molecule has 2 aromatic heterocycles. The van der Waals surface area contributed by atoms with Gasteiger partial charge in [-0.05, 0) is 51.0 Å². The summed E-state index contributed by atoms with van der Waals surface area (Å²) in [6.07, 6.45) is 31.0. The van der Waals surface area contributed by atoms with Crippen molar-refractivity contribution in [1.29, 1.82) is 0 Å². The number of unbranched alkanes of at least 4 members (excludes halogenated alkanes) is 4. The Kier molecular flexibility index (Phi) is 11.9. The zero-order chi connectivity index (χ0) is 21.3. The van der Waals surface area contributed by atoms with E-state index in [4.69, 9.17) is 4.42 Å². The third kappa shape index (κ3) is 9.64. The molecule has 0 aliphatic rings. The van der Waals surface area contributed by atoms with Gasteiger partial charge in [-0.25, -0.2) is 4.98 Å². The fourth-order valence-electron chi connectivity index (χ4n) is 2.95. The summed E-state index contributed by atoms with van der Waals surface area (Å²) >= 11 is 0. The van der Waals surface area contributed by atoms with Crippen molar-refractivity contribution in [3.63, 3.8) is 0 Å². The molecule has 0 aliphatic heterocycles. The smallest absolute Gasteiger partial charge is 0.264 e. The molecule has 0 radical (unpaired) electrons. The van der Waals surface area contributed by atoms with Crippen molar-refractivity contribution in [3.05, 3.63) is 73.0 Å². The molecule has 160 valence electrons. The van der Waals surface area contributed by atoms with E-state index < -0.39 is 0 Å². The maximum atomic E-state index is 12.2. The van der Waals surface area contributed by atoms with Crippen molar-refractivity contribution >= 4 is 16.9 Å². The molecule has 0 atom stereocenters. The lowest BCUT2D eigenvalue weighted by molar-refractivity contribution is 0.0949. The van der Waals surface area contributed by atoms with Gasteiger partial charge >= 0.3 is 0 Å². The first-order valence-electron chi connectivity index (χ1n) is 11.1. The molecule has 0 fully saturated rings. The second-order valence-electron chi connectivity index (χ2n) is 7.27. The maximum Gasteiger partial charge on any atom is 0.264 e. The average Bonchev–Trinajstić information content (AvgIpc) is 3.20. The van der Waals surface area contributed by atoms with Crippen LogP contribution >= 0.6 is 0 Å². The van der Waals surface area contributed by atoms with Crippen LogP contribution in [0.3, 0.4) is 0 Å². The van der Waals surface area contributed by atoms with Gasteiger partial charge in [0, 0.05) is 12.6 Å². The molecule has 0 aromatic carbocycles. The van der Waals surface area contributed by atoms with Crippen molar-refractivity contribution in [3.8, 4) is 0 Å². The van der Waals surface area contributed by atoms with Crippen molar-refractivity contribution in [1.82, 2.24) is 9.97 Å². The Morgan fingerprint density at radius 3 is 2.17 bits per heavy atom. The summed E-state index contributed by atoms with van der Waals surface area (Å²) in [5.41, 5.74) is 1.23. The molecule has 2 rings (SSSR count). The number of aromatic nitrogens is 2. The highest BCUT2D eigenvalue weighted by Crippen LogP contribution is 2.15. The summed E-state index contributed by atoms with van der Waals surface area (Å²) < 4.78 is 5.45. The molecular formula is C26H34N2O2. The van der Waals surface area contributed by atoms with Crippen molar-refractivity contribution in [2.75, 3.05) is 0 Å². The second kappa shape index (κ2) is 15.1. The molecule has 0 amide bonds. The van der Waals surface area contributed by atoms with Crippen LogP contribution in [-0.4, -0.2) is 15.8 Å². The van der Waals surface area contributed by atoms with Crippen LogP contribution in [-0.2, 0) is 0 Å². The molecule has 0 bridgehead atoms. The fourth-order valence-corrected chi connectivity index (χ4v) is 2.95. The van der Waals surface area contributed by atoms with Gasteiger partial charge in [0.25, 0.3) is 5.89 Å². The van der Waals surface area contributed by atoms with Gasteiger partial charge in [-0.1, -0.05) is 68.4 Å². The summed E-state index contributed by atoms with van der Waals surface area (Å²) in [6.45, 7) is 2.24. The van der Waals surface area contributed by atoms with Crippen molar-refractivity contribution < 1.29 is 9.21 Å². The molecule has 0 spiro atoms. The maximum absolute atomic E-state index is 12.2. The predicted octanol–water partition coefficient (Wildman–Crippen LogP) is 7.55. The average molecular weight is 407 g/mol. The zero-order valence-corrected chi connectivity index (χ0v) is 18.1. The van der Waals surface area contributed by atoms with Crippen LogP contribution < -0.4 is 0 Å². The number of pyridine rings is 1. The zero-order valence-electron chi connectivity index (χ0n) is 18.1. The molecule has 0 aliphatic carbocycles. The number of Topliss-reactive ketones (excluding diaryl/α,β-unsaturated/α-hetero) is 1. The number of oxazole rings is 1. The summed E-state index contributed by atoms with van der Waals surface area (Å²) in [5, 5.41) is 0. The highest BCUT2D eigenvalue weighted by Gasteiger charge is 2.13. The van der Waals surface area contributed by atoms with Crippen LogP contribution in [0.15, 0.2) is 71.5 Å². The number of ketones is 1. The molecule has 0 saturated heterocycles. The Bertz CT molecular complexity index is 826. The Hall–Kier alpha value is -2.75. The highest BCUT2D eigenvalue weighted by atomic mass is 16.4. The topological polar surface area (TPSA) is 56.0 Å². The van der Waals surface area contributed by atoms with Crippen LogP contribution in [0.5, 0.6) is 0 Å². The van der Waals surface area contributed by atoms with Gasteiger partial charge in [0.2, 0.25) is 5.78 Å². The van der Waals surface area contributed by atoms with Gasteiger partial charge in [0.15, 0.2) is 5.58 Å². The van der Waals surface area contributed by atoms with Crippen molar-refractivity contribution in [2.45, 2.75) is 71.1 Å². The Morgan fingerprint density at radius 1 is 0.900 bits per heavy atom. The first kappa shape index (κ1) is 23.5. The quantitative estimate of drug-likeness (QED) is 0.174. The highest BCUT2D eigenvalue weighted by molar-refractivity contribution is 5.93. The molecule has 30 heavy (non-hydrogen) atoms. The van der Waals surface area contributed by atoms with E-state index in [0.29, 0.717) is 17.5 Å². The lowest BCUT2D eigenvalue weighted by Crippen LogP contribution is -1.98. The number of carbonyl (C=O) groups excluding carboxylic acids is 1. The first-order chi connectivity index (χ1) is 14.8. The minimum atomic E-state index is -0.0536. The lowest BCUT2D eigenvalue weighted by atomic mass is 10.1.